The van der Waals surface area contributed by atoms with E-state index >= 15 is 0 Å². The van der Waals surface area contributed by atoms with Gasteiger partial charge >= 0.3 is 5.97 Å². The molecule has 2 aromatic carbocycles. The fraction of sp³-hybridized carbons (Fsp3) is 0.286. The molecule has 4 rings (SSSR count). The standard InChI is InChI=1S/C21H18BrNO4/c1-3-14-17-15-10-12(22)6-9-16(15)27-21(26)18(17)20(25)23(19(14)24)13-7-4-11(2)5-8-13/h4-10,14,17-18H,3H2,1-2H3/t14-,17+,18-/m0/s1. The maximum absolute atomic E-state index is 13.2. The Bertz CT molecular complexity index is 953. The van der Waals surface area contributed by atoms with Gasteiger partial charge in [-0.25, -0.2) is 4.90 Å². The Hall–Kier alpha value is -2.47. The molecule has 0 radical (unpaired) electrons. The van der Waals surface area contributed by atoms with Crippen LogP contribution in [0.4, 0.5) is 5.69 Å². The van der Waals surface area contributed by atoms with Gasteiger partial charge in [-0.2, -0.15) is 0 Å². The molecular formula is C21H18BrNO4. The molecule has 0 aliphatic carbocycles. The summed E-state index contributed by atoms with van der Waals surface area (Å²) < 4.78 is 6.25. The monoisotopic (exact) mass is 427 g/mol. The number of benzene rings is 2. The lowest BCUT2D eigenvalue weighted by molar-refractivity contribution is -0.151. The second kappa shape index (κ2) is 6.60. The van der Waals surface area contributed by atoms with Crippen molar-refractivity contribution in [2.75, 3.05) is 4.90 Å². The van der Waals surface area contributed by atoms with Crippen molar-refractivity contribution in [1.29, 1.82) is 0 Å². The van der Waals surface area contributed by atoms with Gasteiger partial charge in [0, 0.05) is 21.9 Å². The molecule has 2 amide bonds. The number of esters is 1. The van der Waals surface area contributed by atoms with Gasteiger partial charge in [0.05, 0.1) is 5.69 Å². The normalized spacial score (nSPS) is 24.3. The molecule has 2 aliphatic rings. The molecule has 1 saturated heterocycles. The summed E-state index contributed by atoms with van der Waals surface area (Å²) in [6.45, 7) is 3.84. The highest BCUT2D eigenvalue weighted by Gasteiger charge is 2.55. The van der Waals surface area contributed by atoms with Crippen LogP contribution in [-0.4, -0.2) is 17.8 Å². The third kappa shape index (κ3) is 2.79. The fourth-order valence-electron chi connectivity index (χ4n) is 4.02. The largest absolute Gasteiger partial charge is 0.426 e. The summed E-state index contributed by atoms with van der Waals surface area (Å²) in [6.07, 6.45) is 0.523. The van der Waals surface area contributed by atoms with Crippen molar-refractivity contribution in [3.8, 4) is 5.75 Å². The lowest BCUT2D eigenvalue weighted by atomic mass is 9.70. The van der Waals surface area contributed by atoms with Crippen LogP contribution in [0.1, 0.15) is 30.4 Å². The van der Waals surface area contributed by atoms with Crippen LogP contribution >= 0.6 is 15.9 Å². The first-order chi connectivity index (χ1) is 12.9. The van der Waals surface area contributed by atoms with Crippen molar-refractivity contribution in [2.45, 2.75) is 26.2 Å². The number of carbonyl (C=O) groups excluding carboxylic acids is 3. The first-order valence-electron chi connectivity index (χ1n) is 8.88. The quantitative estimate of drug-likeness (QED) is 0.314. The molecule has 5 nitrogen and oxygen atoms in total. The van der Waals surface area contributed by atoms with Gasteiger partial charge in [0.2, 0.25) is 11.8 Å². The van der Waals surface area contributed by atoms with E-state index < -0.39 is 29.6 Å². The minimum atomic E-state index is -1.02. The van der Waals surface area contributed by atoms with Gasteiger partial charge in [0.25, 0.3) is 0 Å². The van der Waals surface area contributed by atoms with Crippen LogP contribution in [0.3, 0.4) is 0 Å². The van der Waals surface area contributed by atoms with E-state index in [0.29, 0.717) is 17.9 Å². The number of nitrogens with zero attached hydrogens (tertiary/aromatic N) is 1. The maximum Gasteiger partial charge on any atom is 0.324 e. The summed E-state index contributed by atoms with van der Waals surface area (Å²) in [6, 6.07) is 12.5. The second-order valence-corrected chi connectivity index (χ2v) is 7.88. The maximum atomic E-state index is 13.2. The first kappa shape index (κ1) is 17.9. The predicted octanol–water partition coefficient (Wildman–Crippen LogP) is 3.98. The van der Waals surface area contributed by atoms with E-state index in [1.807, 2.05) is 32.0 Å². The van der Waals surface area contributed by atoms with Crippen LogP contribution in [0.15, 0.2) is 46.9 Å². The van der Waals surface area contributed by atoms with Crippen molar-refractivity contribution in [3.63, 3.8) is 0 Å². The molecule has 0 N–H and O–H groups in total. The van der Waals surface area contributed by atoms with Crippen molar-refractivity contribution in [1.82, 2.24) is 0 Å². The third-order valence-corrected chi connectivity index (χ3v) is 5.84. The van der Waals surface area contributed by atoms with Crippen molar-refractivity contribution in [3.05, 3.63) is 58.1 Å². The van der Waals surface area contributed by atoms with Crippen molar-refractivity contribution >= 4 is 39.4 Å². The Morgan fingerprint density at radius 2 is 1.74 bits per heavy atom. The topological polar surface area (TPSA) is 63.7 Å². The summed E-state index contributed by atoms with van der Waals surface area (Å²) >= 11 is 3.43. The van der Waals surface area contributed by atoms with E-state index in [1.54, 1.807) is 24.3 Å². The average molecular weight is 428 g/mol. The number of rotatable bonds is 2. The van der Waals surface area contributed by atoms with Gasteiger partial charge in [0.1, 0.15) is 11.7 Å². The Balaban J connectivity index is 1.85. The number of hydrogen-bond acceptors (Lipinski definition) is 4. The predicted molar refractivity (Wildman–Crippen MR) is 103 cm³/mol. The van der Waals surface area contributed by atoms with Gasteiger partial charge in [-0.1, -0.05) is 40.5 Å². The van der Waals surface area contributed by atoms with Gasteiger partial charge in [-0.3, -0.25) is 14.4 Å². The molecule has 1 fully saturated rings. The zero-order valence-electron chi connectivity index (χ0n) is 14.9. The molecule has 0 bridgehead atoms. The van der Waals surface area contributed by atoms with Crippen LogP contribution in [0.5, 0.6) is 5.75 Å². The molecule has 0 saturated carbocycles. The summed E-state index contributed by atoms with van der Waals surface area (Å²) in [5, 5.41) is 0. The molecule has 2 heterocycles. The minimum Gasteiger partial charge on any atom is -0.426 e. The SMILES string of the molecule is CC[C@@H]1C(=O)N(c2ccc(C)cc2)C(=O)[C@H]2C(=O)Oc3ccc(Br)cc3[C@H]21. The summed E-state index contributed by atoms with van der Waals surface area (Å²) in [4.78, 5) is 40.3. The summed E-state index contributed by atoms with van der Waals surface area (Å²) in [5.41, 5.74) is 2.24. The average Bonchev–Trinajstić information content (AvgIpc) is 2.64. The Morgan fingerprint density at radius 3 is 2.41 bits per heavy atom. The summed E-state index contributed by atoms with van der Waals surface area (Å²) in [7, 11) is 0. The van der Waals surface area contributed by atoms with Gasteiger partial charge in [0.15, 0.2) is 0 Å². The second-order valence-electron chi connectivity index (χ2n) is 6.97. The van der Waals surface area contributed by atoms with Crippen LogP contribution in [0.2, 0.25) is 0 Å². The molecule has 0 unspecified atom stereocenters. The molecular weight excluding hydrogens is 410 g/mol. The molecule has 3 atom stereocenters. The number of fused-ring (bicyclic) bond motifs is 3. The van der Waals surface area contributed by atoms with Gasteiger partial charge in [-0.05, 0) is 43.7 Å². The number of amides is 2. The lowest BCUT2D eigenvalue weighted by Crippen LogP contribution is -2.57. The summed E-state index contributed by atoms with van der Waals surface area (Å²) in [5.74, 6) is -2.96. The fourth-order valence-corrected chi connectivity index (χ4v) is 4.40. The van der Waals surface area contributed by atoms with Gasteiger partial charge < -0.3 is 4.74 Å². The highest BCUT2D eigenvalue weighted by molar-refractivity contribution is 9.10. The van der Waals surface area contributed by atoms with E-state index in [4.69, 9.17) is 4.74 Å². The number of imide groups is 1. The van der Waals surface area contributed by atoms with Crippen LogP contribution in [0, 0.1) is 18.8 Å². The number of ether oxygens (including phenoxy) is 1. The van der Waals surface area contributed by atoms with Crippen LogP contribution in [0.25, 0.3) is 0 Å². The molecule has 0 aromatic heterocycles. The number of hydrogen-bond donors (Lipinski definition) is 0. The van der Waals surface area contributed by atoms with E-state index in [9.17, 15) is 14.4 Å². The smallest absolute Gasteiger partial charge is 0.324 e. The molecule has 6 heteroatoms. The zero-order valence-corrected chi connectivity index (χ0v) is 16.5. The third-order valence-electron chi connectivity index (χ3n) is 5.34. The molecule has 27 heavy (non-hydrogen) atoms. The van der Waals surface area contributed by atoms with Gasteiger partial charge in [-0.15, -0.1) is 0 Å². The number of piperidine rings is 1. The first-order valence-corrected chi connectivity index (χ1v) is 9.67. The van der Waals surface area contributed by atoms with Crippen molar-refractivity contribution in [2.24, 2.45) is 11.8 Å². The number of anilines is 1. The highest BCUT2D eigenvalue weighted by Crippen LogP contribution is 2.48. The Morgan fingerprint density at radius 1 is 1.04 bits per heavy atom. The van der Waals surface area contributed by atoms with Crippen LogP contribution in [-0.2, 0) is 14.4 Å². The number of carbonyl (C=O) groups is 3. The lowest BCUT2D eigenvalue weighted by Gasteiger charge is -2.43. The Kier molecular flexibility index (Phi) is 4.38. The van der Waals surface area contributed by atoms with E-state index in [1.165, 1.54) is 0 Å². The minimum absolute atomic E-state index is 0.270. The van der Waals surface area contributed by atoms with E-state index in [2.05, 4.69) is 15.9 Å². The number of halogens is 1. The molecule has 138 valence electrons. The molecule has 0 spiro atoms. The molecule has 2 aromatic rings. The van der Waals surface area contributed by atoms with Crippen molar-refractivity contribution < 1.29 is 19.1 Å². The zero-order chi connectivity index (χ0) is 19.3. The van der Waals surface area contributed by atoms with Crippen LogP contribution < -0.4 is 9.64 Å². The molecule has 2 aliphatic heterocycles. The van der Waals surface area contributed by atoms with E-state index in [0.717, 1.165) is 20.5 Å². The number of aryl methyl sites for hydroxylation is 1. The van der Waals surface area contributed by atoms with E-state index in [-0.39, 0.29) is 5.91 Å². The Labute approximate surface area is 165 Å². The highest BCUT2D eigenvalue weighted by atomic mass is 79.9.